The Hall–Kier alpha value is -2.58. The van der Waals surface area contributed by atoms with Gasteiger partial charge in [-0.1, -0.05) is 11.6 Å². The Morgan fingerprint density at radius 1 is 0.913 bits per heavy atom. The van der Waals surface area contributed by atoms with Crippen molar-refractivity contribution in [3.05, 3.63) is 58.6 Å². The number of aromatic carboxylic acids is 2. The normalized spacial score (nSPS) is 11.0. The molecule has 7 nitrogen and oxygen atoms in total. The number of rotatable bonds is 5. The summed E-state index contributed by atoms with van der Waals surface area (Å²) in [7, 11) is -4.32. The van der Waals surface area contributed by atoms with E-state index in [1.807, 2.05) is 0 Å². The van der Waals surface area contributed by atoms with Gasteiger partial charge in [0.25, 0.3) is 0 Å². The van der Waals surface area contributed by atoms with Gasteiger partial charge in [-0.3, -0.25) is 0 Å². The summed E-state index contributed by atoms with van der Waals surface area (Å²) in [4.78, 5) is 21.6. The second-order valence-electron chi connectivity index (χ2n) is 4.31. The molecule has 0 aliphatic carbocycles. The Kier molecular flexibility index (Phi) is 4.57. The predicted molar refractivity (Wildman–Crippen MR) is 79.6 cm³/mol. The third-order valence-electron chi connectivity index (χ3n) is 2.76. The highest BCUT2D eigenvalue weighted by Crippen LogP contribution is 2.22. The molecule has 9 heteroatoms. The Balaban J connectivity index is 2.43. The van der Waals surface area contributed by atoms with Crippen LogP contribution in [-0.4, -0.2) is 30.6 Å². The van der Waals surface area contributed by atoms with Gasteiger partial charge in [0.05, 0.1) is 11.1 Å². The zero-order chi connectivity index (χ0) is 17.2. The summed E-state index contributed by atoms with van der Waals surface area (Å²) >= 11 is 5.68. The fourth-order valence-corrected chi connectivity index (χ4v) is 2.79. The molecule has 0 atom stereocenters. The second kappa shape index (κ2) is 6.27. The number of hydrogen-bond donors (Lipinski definition) is 2. The zero-order valence-electron chi connectivity index (χ0n) is 11.3. The molecule has 0 amide bonds. The molecule has 0 saturated carbocycles. The van der Waals surface area contributed by atoms with Gasteiger partial charge in [-0.2, -0.15) is 8.42 Å². The maximum Gasteiger partial charge on any atom is 0.339 e. The van der Waals surface area contributed by atoms with Crippen molar-refractivity contribution in [3.8, 4) is 5.75 Å². The molecule has 23 heavy (non-hydrogen) atoms. The average molecular weight is 357 g/mol. The summed E-state index contributed by atoms with van der Waals surface area (Å²) in [5.74, 6) is -3.07. The van der Waals surface area contributed by atoms with E-state index in [0.717, 1.165) is 18.2 Å². The molecule has 0 radical (unpaired) electrons. The molecule has 0 aromatic heterocycles. The van der Waals surface area contributed by atoms with Gasteiger partial charge >= 0.3 is 22.1 Å². The zero-order valence-corrected chi connectivity index (χ0v) is 12.8. The van der Waals surface area contributed by atoms with Crippen LogP contribution < -0.4 is 4.18 Å². The van der Waals surface area contributed by atoms with Gasteiger partial charge in [-0.25, -0.2) is 9.59 Å². The maximum atomic E-state index is 12.1. The summed E-state index contributed by atoms with van der Waals surface area (Å²) in [6.45, 7) is 0. The van der Waals surface area contributed by atoms with Crippen LogP contribution >= 0.6 is 11.6 Å². The Labute approximate surface area is 135 Å². The van der Waals surface area contributed by atoms with Gasteiger partial charge in [0, 0.05) is 5.02 Å². The lowest BCUT2D eigenvalue weighted by Crippen LogP contribution is -2.13. The predicted octanol–water partition coefficient (Wildman–Crippen LogP) is 2.50. The van der Waals surface area contributed by atoms with Crippen molar-refractivity contribution in [2.45, 2.75) is 4.90 Å². The fraction of sp³-hybridized carbons (Fsp3) is 0. The average Bonchev–Trinajstić information content (AvgIpc) is 2.48. The van der Waals surface area contributed by atoms with Crippen LogP contribution in [0.2, 0.25) is 5.02 Å². The number of carboxylic acids is 2. The fourth-order valence-electron chi connectivity index (χ4n) is 1.71. The Morgan fingerprint density at radius 3 is 2.00 bits per heavy atom. The van der Waals surface area contributed by atoms with Gasteiger partial charge in [0.15, 0.2) is 0 Å². The van der Waals surface area contributed by atoms with Crippen molar-refractivity contribution in [1.29, 1.82) is 0 Å². The molecule has 2 rings (SSSR count). The highest BCUT2D eigenvalue weighted by atomic mass is 35.5. The van der Waals surface area contributed by atoms with E-state index in [9.17, 15) is 18.0 Å². The molecular weight excluding hydrogens is 348 g/mol. The van der Waals surface area contributed by atoms with E-state index in [1.165, 1.54) is 24.3 Å². The standard InChI is InChI=1S/C14H9ClO7S/c15-8-1-3-9(4-2-8)22-23(20,21)10-5-6-11(13(16)17)12(7-10)14(18)19/h1-7H,(H,16,17)(H,18,19). The summed E-state index contributed by atoms with van der Waals surface area (Å²) in [6, 6.07) is 8.07. The first-order valence-electron chi connectivity index (χ1n) is 6.01. The first-order valence-corrected chi connectivity index (χ1v) is 7.80. The van der Waals surface area contributed by atoms with E-state index in [-0.39, 0.29) is 5.75 Å². The molecule has 0 heterocycles. The minimum atomic E-state index is -4.32. The highest BCUT2D eigenvalue weighted by molar-refractivity contribution is 7.87. The molecular formula is C14H9ClO7S. The third kappa shape index (κ3) is 3.79. The molecule has 2 aromatic carbocycles. The molecule has 0 unspecified atom stereocenters. The molecule has 0 aliphatic heterocycles. The van der Waals surface area contributed by atoms with Gasteiger partial charge in [-0.15, -0.1) is 0 Å². The molecule has 0 spiro atoms. The quantitative estimate of drug-likeness (QED) is 0.790. The van der Waals surface area contributed by atoms with E-state index >= 15 is 0 Å². The lowest BCUT2D eigenvalue weighted by Gasteiger charge is -2.09. The van der Waals surface area contributed by atoms with Crippen molar-refractivity contribution in [2.24, 2.45) is 0 Å². The molecule has 0 saturated heterocycles. The summed E-state index contributed by atoms with van der Waals surface area (Å²) < 4.78 is 29.1. The van der Waals surface area contributed by atoms with Crippen LogP contribution in [0.25, 0.3) is 0 Å². The van der Waals surface area contributed by atoms with Crippen LogP contribution in [0.4, 0.5) is 0 Å². The SMILES string of the molecule is O=C(O)c1ccc(S(=O)(=O)Oc2ccc(Cl)cc2)cc1C(=O)O. The van der Waals surface area contributed by atoms with Gasteiger partial charge in [-0.05, 0) is 42.5 Å². The molecule has 120 valence electrons. The van der Waals surface area contributed by atoms with Crippen LogP contribution in [0, 0.1) is 0 Å². The number of hydrogen-bond acceptors (Lipinski definition) is 5. The minimum absolute atomic E-state index is 0.0198. The maximum absolute atomic E-state index is 12.1. The first-order chi connectivity index (χ1) is 10.7. The van der Waals surface area contributed by atoms with Crippen LogP contribution in [-0.2, 0) is 10.1 Å². The van der Waals surface area contributed by atoms with Crippen molar-refractivity contribution in [2.75, 3.05) is 0 Å². The second-order valence-corrected chi connectivity index (χ2v) is 6.29. The summed E-state index contributed by atoms with van der Waals surface area (Å²) in [5, 5.41) is 18.3. The van der Waals surface area contributed by atoms with Crippen LogP contribution in [0.5, 0.6) is 5.75 Å². The van der Waals surface area contributed by atoms with E-state index in [1.54, 1.807) is 0 Å². The van der Waals surface area contributed by atoms with E-state index in [2.05, 4.69) is 0 Å². The number of benzene rings is 2. The molecule has 2 N–H and O–H groups in total. The Morgan fingerprint density at radius 2 is 1.48 bits per heavy atom. The van der Waals surface area contributed by atoms with Crippen LogP contribution in [0.1, 0.15) is 20.7 Å². The van der Waals surface area contributed by atoms with Gasteiger partial charge in [0.2, 0.25) is 0 Å². The molecule has 0 bridgehead atoms. The number of halogens is 1. The number of carbonyl (C=O) groups is 2. The van der Waals surface area contributed by atoms with E-state index in [4.69, 9.17) is 26.0 Å². The Bertz CT molecular complexity index is 872. The topological polar surface area (TPSA) is 118 Å². The van der Waals surface area contributed by atoms with Crippen molar-refractivity contribution >= 4 is 33.7 Å². The largest absolute Gasteiger partial charge is 0.478 e. The smallest absolute Gasteiger partial charge is 0.339 e. The van der Waals surface area contributed by atoms with E-state index in [0.29, 0.717) is 5.02 Å². The number of carboxylic acid groups (broad SMARTS) is 2. The molecule has 0 fully saturated rings. The van der Waals surface area contributed by atoms with Gasteiger partial charge < -0.3 is 14.4 Å². The highest BCUT2D eigenvalue weighted by Gasteiger charge is 2.23. The third-order valence-corrected chi connectivity index (χ3v) is 4.26. The minimum Gasteiger partial charge on any atom is -0.478 e. The van der Waals surface area contributed by atoms with Crippen molar-refractivity contribution in [1.82, 2.24) is 0 Å². The van der Waals surface area contributed by atoms with Crippen LogP contribution in [0.3, 0.4) is 0 Å². The van der Waals surface area contributed by atoms with Crippen molar-refractivity contribution in [3.63, 3.8) is 0 Å². The van der Waals surface area contributed by atoms with Crippen molar-refractivity contribution < 1.29 is 32.4 Å². The summed E-state index contributed by atoms with van der Waals surface area (Å²) in [6.07, 6.45) is 0. The van der Waals surface area contributed by atoms with Crippen LogP contribution in [0.15, 0.2) is 47.4 Å². The van der Waals surface area contributed by atoms with Gasteiger partial charge in [0.1, 0.15) is 10.6 Å². The summed E-state index contributed by atoms with van der Waals surface area (Å²) in [5.41, 5.74) is -1.18. The lowest BCUT2D eigenvalue weighted by atomic mass is 10.1. The molecule has 0 aliphatic rings. The first kappa shape index (κ1) is 16.8. The lowest BCUT2D eigenvalue weighted by molar-refractivity contribution is 0.0651. The molecule has 2 aromatic rings. The monoisotopic (exact) mass is 356 g/mol. The van der Waals surface area contributed by atoms with E-state index < -0.39 is 38.1 Å².